The van der Waals surface area contributed by atoms with Gasteiger partial charge in [0, 0.05) is 11.3 Å². The van der Waals surface area contributed by atoms with E-state index in [0.29, 0.717) is 28.0 Å². The molecule has 1 amide bonds. The number of halogens is 2. The molecule has 0 fully saturated rings. The van der Waals surface area contributed by atoms with Gasteiger partial charge in [0.05, 0.1) is 16.7 Å². The van der Waals surface area contributed by atoms with E-state index in [2.05, 4.69) is 19.2 Å². The standard InChI is InChI=1S/C21H25Cl2NO2/c1-3-5-6-7-12-26-20-18(22)13-16(14-19(20)23)21(25)24-17-10-8-15(4-2)9-11-17/h8-11,13-14H,3-7,12H2,1-2H3,(H,24,25). The van der Waals surface area contributed by atoms with Gasteiger partial charge in [0.1, 0.15) is 0 Å². The largest absolute Gasteiger partial charge is 0.490 e. The molecule has 0 spiro atoms. The van der Waals surface area contributed by atoms with Gasteiger partial charge in [0.25, 0.3) is 5.91 Å². The fraction of sp³-hybridized carbons (Fsp3) is 0.381. The molecule has 140 valence electrons. The normalized spacial score (nSPS) is 10.6. The molecule has 0 radical (unpaired) electrons. The minimum absolute atomic E-state index is 0.257. The van der Waals surface area contributed by atoms with Crippen molar-refractivity contribution in [3.8, 4) is 5.75 Å². The van der Waals surface area contributed by atoms with Crippen LogP contribution in [0.1, 0.15) is 55.5 Å². The van der Waals surface area contributed by atoms with Crippen molar-refractivity contribution in [3.05, 3.63) is 57.6 Å². The second kappa shape index (κ2) is 10.4. The van der Waals surface area contributed by atoms with Crippen molar-refractivity contribution in [2.24, 2.45) is 0 Å². The minimum atomic E-state index is -0.257. The van der Waals surface area contributed by atoms with Gasteiger partial charge in [-0.1, -0.05) is 68.4 Å². The molecule has 26 heavy (non-hydrogen) atoms. The number of hydrogen-bond donors (Lipinski definition) is 1. The Morgan fingerprint density at radius 3 is 2.23 bits per heavy atom. The van der Waals surface area contributed by atoms with Crippen molar-refractivity contribution >= 4 is 34.8 Å². The van der Waals surface area contributed by atoms with E-state index in [0.717, 1.165) is 24.9 Å². The predicted octanol–water partition coefficient (Wildman–Crippen LogP) is 6.77. The molecular weight excluding hydrogens is 369 g/mol. The Balaban J connectivity index is 2.01. The monoisotopic (exact) mass is 393 g/mol. The molecule has 0 bridgehead atoms. The lowest BCUT2D eigenvalue weighted by atomic mass is 10.1. The number of carbonyl (C=O) groups is 1. The van der Waals surface area contributed by atoms with E-state index in [1.807, 2.05) is 24.3 Å². The van der Waals surface area contributed by atoms with Crippen LogP contribution < -0.4 is 10.1 Å². The molecule has 0 aromatic heterocycles. The quantitative estimate of drug-likeness (QED) is 0.477. The van der Waals surface area contributed by atoms with Crippen LogP contribution in [0, 0.1) is 0 Å². The average Bonchev–Trinajstić information content (AvgIpc) is 2.63. The molecular formula is C21H25Cl2NO2. The molecule has 2 aromatic carbocycles. The van der Waals surface area contributed by atoms with E-state index in [1.165, 1.54) is 18.4 Å². The van der Waals surface area contributed by atoms with Gasteiger partial charge in [0.2, 0.25) is 0 Å². The smallest absolute Gasteiger partial charge is 0.255 e. The Morgan fingerprint density at radius 2 is 1.65 bits per heavy atom. The summed E-state index contributed by atoms with van der Waals surface area (Å²) >= 11 is 12.5. The molecule has 0 saturated carbocycles. The highest BCUT2D eigenvalue weighted by Gasteiger charge is 2.14. The van der Waals surface area contributed by atoms with Gasteiger partial charge in [-0.2, -0.15) is 0 Å². The Hall–Kier alpha value is -1.71. The molecule has 0 aliphatic carbocycles. The first-order chi connectivity index (χ1) is 12.5. The summed E-state index contributed by atoms with van der Waals surface area (Å²) in [6.07, 6.45) is 5.38. The number of anilines is 1. The fourth-order valence-electron chi connectivity index (χ4n) is 2.56. The summed E-state index contributed by atoms with van der Waals surface area (Å²) in [5.41, 5.74) is 2.35. The van der Waals surface area contributed by atoms with E-state index >= 15 is 0 Å². The zero-order chi connectivity index (χ0) is 18.9. The van der Waals surface area contributed by atoms with E-state index in [4.69, 9.17) is 27.9 Å². The van der Waals surface area contributed by atoms with Gasteiger partial charge in [-0.05, 0) is 42.7 Å². The molecule has 0 atom stereocenters. The van der Waals surface area contributed by atoms with Gasteiger partial charge in [0.15, 0.2) is 5.75 Å². The molecule has 0 aliphatic heterocycles. The first-order valence-electron chi connectivity index (χ1n) is 9.07. The summed E-state index contributed by atoms with van der Waals surface area (Å²) in [6, 6.07) is 10.9. The number of aryl methyl sites for hydroxylation is 1. The van der Waals surface area contributed by atoms with Crippen LogP contribution in [0.15, 0.2) is 36.4 Å². The number of unbranched alkanes of at least 4 members (excludes halogenated alkanes) is 3. The Morgan fingerprint density at radius 1 is 1.00 bits per heavy atom. The average molecular weight is 394 g/mol. The number of rotatable bonds is 9. The molecule has 0 heterocycles. The van der Waals surface area contributed by atoms with Crippen molar-refractivity contribution in [2.75, 3.05) is 11.9 Å². The zero-order valence-electron chi connectivity index (χ0n) is 15.3. The summed E-state index contributed by atoms with van der Waals surface area (Å²) in [6.45, 7) is 4.82. The van der Waals surface area contributed by atoms with Crippen LogP contribution in [0.4, 0.5) is 5.69 Å². The third kappa shape index (κ3) is 5.93. The maximum Gasteiger partial charge on any atom is 0.255 e. The summed E-state index contributed by atoms with van der Waals surface area (Å²) < 4.78 is 5.70. The zero-order valence-corrected chi connectivity index (χ0v) is 16.8. The molecule has 0 unspecified atom stereocenters. The number of amides is 1. The number of ether oxygens (including phenoxy) is 1. The topological polar surface area (TPSA) is 38.3 Å². The lowest BCUT2D eigenvalue weighted by molar-refractivity contribution is 0.102. The van der Waals surface area contributed by atoms with E-state index in [9.17, 15) is 4.79 Å². The third-order valence-corrected chi connectivity index (χ3v) is 4.69. The van der Waals surface area contributed by atoms with Crippen LogP contribution in [0.2, 0.25) is 10.0 Å². The van der Waals surface area contributed by atoms with Crippen molar-refractivity contribution in [3.63, 3.8) is 0 Å². The van der Waals surface area contributed by atoms with Crippen molar-refractivity contribution in [1.29, 1.82) is 0 Å². The van der Waals surface area contributed by atoms with Crippen molar-refractivity contribution in [1.82, 2.24) is 0 Å². The van der Waals surface area contributed by atoms with Crippen LogP contribution in [0.5, 0.6) is 5.75 Å². The van der Waals surface area contributed by atoms with Crippen LogP contribution >= 0.6 is 23.2 Å². The molecule has 0 saturated heterocycles. The number of hydrogen-bond acceptors (Lipinski definition) is 2. The highest BCUT2D eigenvalue weighted by atomic mass is 35.5. The molecule has 3 nitrogen and oxygen atoms in total. The third-order valence-electron chi connectivity index (χ3n) is 4.12. The van der Waals surface area contributed by atoms with Gasteiger partial charge in [-0.3, -0.25) is 4.79 Å². The Kier molecular flexibility index (Phi) is 8.27. The van der Waals surface area contributed by atoms with Crippen molar-refractivity contribution in [2.45, 2.75) is 46.0 Å². The highest BCUT2D eigenvalue weighted by Crippen LogP contribution is 2.34. The van der Waals surface area contributed by atoms with Crippen LogP contribution in [0.3, 0.4) is 0 Å². The first kappa shape index (κ1) is 20.6. The molecule has 1 N–H and O–H groups in total. The Labute approximate surface area is 165 Å². The molecule has 2 aromatic rings. The molecule has 0 aliphatic rings. The highest BCUT2D eigenvalue weighted by molar-refractivity contribution is 6.37. The van der Waals surface area contributed by atoms with Gasteiger partial charge in [-0.15, -0.1) is 0 Å². The molecule has 2 rings (SSSR count). The van der Waals surface area contributed by atoms with Gasteiger partial charge < -0.3 is 10.1 Å². The second-order valence-corrected chi connectivity index (χ2v) is 7.00. The first-order valence-corrected chi connectivity index (χ1v) is 9.82. The van der Waals surface area contributed by atoms with Crippen LogP contribution in [-0.4, -0.2) is 12.5 Å². The molecule has 5 heteroatoms. The van der Waals surface area contributed by atoms with E-state index in [1.54, 1.807) is 12.1 Å². The summed E-state index contributed by atoms with van der Waals surface area (Å²) in [5.74, 6) is 0.182. The van der Waals surface area contributed by atoms with Crippen LogP contribution in [0.25, 0.3) is 0 Å². The SMILES string of the molecule is CCCCCCOc1c(Cl)cc(C(=O)Nc2ccc(CC)cc2)cc1Cl. The van der Waals surface area contributed by atoms with Crippen molar-refractivity contribution < 1.29 is 9.53 Å². The van der Waals surface area contributed by atoms with E-state index in [-0.39, 0.29) is 5.91 Å². The maximum absolute atomic E-state index is 12.4. The lowest BCUT2D eigenvalue weighted by Crippen LogP contribution is -2.12. The summed E-state index contributed by atoms with van der Waals surface area (Å²) in [7, 11) is 0. The van der Waals surface area contributed by atoms with Crippen LogP contribution in [-0.2, 0) is 6.42 Å². The summed E-state index contributed by atoms with van der Waals surface area (Å²) in [4.78, 5) is 12.4. The summed E-state index contributed by atoms with van der Waals surface area (Å²) in [5, 5.41) is 3.55. The Bertz CT molecular complexity index is 706. The number of benzene rings is 2. The fourth-order valence-corrected chi connectivity index (χ4v) is 3.16. The van der Waals surface area contributed by atoms with E-state index < -0.39 is 0 Å². The van der Waals surface area contributed by atoms with Gasteiger partial charge in [-0.25, -0.2) is 0 Å². The number of carbonyl (C=O) groups excluding carboxylic acids is 1. The minimum Gasteiger partial charge on any atom is -0.490 e. The maximum atomic E-state index is 12.4. The lowest BCUT2D eigenvalue weighted by Gasteiger charge is -2.12. The number of nitrogens with one attached hydrogen (secondary N) is 1. The second-order valence-electron chi connectivity index (χ2n) is 6.18. The van der Waals surface area contributed by atoms with Gasteiger partial charge >= 0.3 is 0 Å². The predicted molar refractivity (Wildman–Crippen MR) is 110 cm³/mol.